The summed E-state index contributed by atoms with van der Waals surface area (Å²) in [6.45, 7) is 3.89. The van der Waals surface area contributed by atoms with Gasteiger partial charge in [0, 0.05) is 6.42 Å². The largest absolute Gasteiger partial charge is 0.394 e. The molecule has 7 atom stereocenters. The molecule has 9 nitrogen and oxygen atoms in total. The van der Waals surface area contributed by atoms with Crippen molar-refractivity contribution in [1.29, 1.82) is 0 Å². The van der Waals surface area contributed by atoms with E-state index in [-0.39, 0.29) is 12.5 Å². The molecule has 0 spiro atoms. The number of hydrogen-bond donors (Lipinski definition) is 6. The number of rotatable bonds is 60. The van der Waals surface area contributed by atoms with Gasteiger partial charge in [0.05, 0.1) is 25.4 Å². The summed E-state index contributed by atoms with van der Waals surface area (Å²) in [5.74, 6) is -0.135. The first-order valence-corrected chi connectivity index (χ1v) is 33.7. The summed E-state index contributed by atoms with van der Waals surface area (Å²) < 4.78 is 11.3. The lowest BCUT2D eigenvalue weighted by molar-refractivity contribution is -0.302. The zero-order chi connectivity index (χ0) is 54.3. The van der Waals surface area contributed by atoms with Gasteiger partial charge in [0.2, 0.25) is 5.91 Å². The van der Waals surface area contributed by atoms with Gasteiger partial charge in [-0.15, -0.1) is 0 Å². The molecule has 1 saturated heterocycles. The fraction of sp³-hybridized carbons (Fsp3) is 0.985. The molecule has 9 heteroatoms. The van der Waals surface area contributed by atoms with E-state index in [0.717, 1.165) is 38.5 Å². The summed E-state index contributed by atoms with van der Waals surface area (Å²) in [6, 6.07) is -0.714. The van der Waals surface area contributed by atoms with E-state index in [2.05, 4.69) is 19.2 Å². The quantitative estimate of drug-likeness (QED) is 0.0330. The van der Waals surface area contributed by atoms with Crippen LogP contribution in [0.2, 0.25) is 0 Å². The van der Waals surface area contributed by atoms with Gasteiger partial charge in [0.25, 0.3) is 0 Å². The van der Waals surface area contributed by atoms with Crippen molar-refractivity contribution in [2.45, 2.75) is 403 Å². The van der Waals surface area contributed by atoms with Crippen LogP contribution in [0.15, 0.2) is 0 Å². The third kappa shape index (κ3) is 45.6. The van der Waals surface area contributed by atoms with Crippen molar-refractivity contribution in [3.05, 3.63) is 0 Å². The Morgan fingerprint density at radius 1 is 0.400 bits per heavy atom. The Balaban J connectivity index is 2.03. The van der Waals surface area contributed by atoms with Gasteiger partial charge in [-0.1, -0.05) is 341 Å². The second-order valence-corrected chi connectivity index (χ2v) is 24.0. The number of aliphatic hydroxyl groups is 5. The molecule has 1 aliphatic rings. The molecule has 1 fully saturated rings. The van der Waals surface area contributed by atoms with E-state index < -0.39 is 49.5 Å². The predicted octanol–water partition coefficient (Wildman–Crippen LogP) is 17.8. The van der Waals surface area contributed by atoms with Crippen molar-refractivity contribution in [2.24, 2.45) is 0 Å². The molecule has 0 aliphatic carbocycles. The second kappa shape index (κ2) is 56.5. The number of aliphatic hydroxyl groups excluding tert-OH is 5. The van der Waals surface area contributed by atoms with Crippen LogP contribution in [0.3, 0.4) is 0 Å². The van der Waals surface area contributed by atoms with E-state index in [0.29, 0.717) is 12.8 Å². The van der Waals surface area contributed by atoms with Gasteiger partial charge in [-0.3, -0.25) is 4.79 Å². The molecule has 1 rings (SSSR count). The summed E-state index contributed by atoms with van der Waals surface area (Å²) in [4.78, 5) is 13.1. The highest BCUT2D eigenvalue weighted by Crippen LogP contribution is 2.24. The van der Waals surface area contributed by atoms with E-state index in [4.69, 9.17) is 9.47 Å². The molecular formula is C66H131NO8. The summed E-state index contributed by atoms with van der Waals surface area (Å²) in [7, 11) is 0. The smallest absolute Gasteiger partial charge is 0.220 e. The van der Waals surface area contributed by atoms with Gasteiger partial charge in [-0.25, -0.2) is 0 Å². The van der Waals surface area contributed by atoms with Crippen molar-refractivity contribution in [3.63, 3.8) is 0 Å². The molecule has 1 amide bonds. The second-order valence-electron chi connectivity index (χ2n) is 24.0. The third-order valence-electron chi connectivity index (χ3n) is 16.7. The van der Waals surface area contributed by atoms with Crippen LogP contribution in [0.25, 0.3) is 0 Å². The van der Waals surface area contributed by atoms with Crippen LogP contribution in [0.4, 0.5) is 0 Å². The molecule has 2 unspecified atom stereocenters. The topological polar surface area (TPSA) is 149 Å². The van der Waals surface area contributed by atoms with Crippen molar-refractivity contribution >= 4 is 5.91 Å². The Bertz CT molecular complexity index is 1140. The van der Waals surface area contributed by atoms with Crippen molar-refractivity contribution in [2.75, 3.05) is 13.2 Å². The average molecular weight is 1070 g/mol. The third-order valence-corrected chi connectivity index (χ3v) is 16.7. The number of nitrogens with one attached hydrogen (secondary N) is 1. The normalized spacial score (nSPS) is 18.7. The molecule has 0 radical (unpaired) electrons. The minimum atomic E-state index is -1.55. The van der Waals surface area contributed by atoms with E-state index in [9.17, 15) is 30.3 Å². The van der Waals surface area contributed by atoms with Crippen LogP contribution in [0.5, 0.6) is 0 Å². The van der Waals surface area contributed by atoms with Gasteiger partial charge in [0.15, 0.2) is 6.29 Å². The maximum Gasteiger partial charge on any atom is 0.220 e. The predicted molar refractivity (Wildman–Crippen MR) is 318 cm³/mol. The van der Waals surface area contributed by atoms with Gasteiger partial charge in [-0.2, -0.15) is 0 Å². The molecular weight excluding hydrogens is 935 g/mol. The molecule has 0 aromatic rings. The van der Waals surface area contributed by atoms with Gasteiger partial charge in [0.1, 0.15) is 24.4 Å². The van der Waals surface area contributed by atoms with Crippen LogP contribution < -0.4 is 5.32 Å². The number of amides is 1. The number of ether oxygens (including phenoxy) is 2. The Morgan fingerprint density at radius 2 is 0.667 bits per heavy atom. The number of carbonyl (C=O) groups excluding carboxylic acids is 1. The SMILES string of the molecule is CCCCCCCCCCCCCCCCCCCCCCCCCCCCCCCCCCCCCCC(=O)N[C@@H](CO[C@@H]1O[C@H](CO)[C@H](O)C(O)C1O)[C@H](O)CCCCCCCCCCCCCCCCCC. The Morgan fingerprint density at radius 3 is 0.947 bits per heavy atom. The summed E-state index contributed by atoms with van der Waals surface area (Å²) in [6.07, 6.45) is 63.2. The Hall–Kier alpha value is -0.810. The van der Waals surface area contributed by atoms with Gasteiger partial charge in [-0.05, 0) is 12.8 Å². The summed E-state index contributed by atoms with van der Waals surface area (Å²) in [5, 5.41) is 54.8. The molecule has 0 aromatic heterocycles. The zero-order valence-corrected chi connectivity index (χ0v) is 50.1. The number of carbonyl (C=O) groups is 1. The van der Waals surface area contributed by atoms with E-state index in [1.807, 2.05) is 0 Å². The maximum absolute atomic E-state index is 13.1. The van der Waals surface area contributed by atoms with Gasteiger partial charge >= 0.3 is 0 Å². The first-order valence-electron chi connectivity index (χ1n) is 33.7. The van der Waals surface area contributed by atoms with Crippen LogP contribution in [-0.2, 0) is 14.3 Å². The first-order chi connectivity index (χ1) is 36.8. The number of unbranched alkanes of at least 4 members (excludes halogenated alkanes) is 50. The first kappa shape index (κ1) is 72.2. The highest BCUT2D eigenvalue weighted by Gasteiger charge is 2.44. The molecule has 1 heterocycles. The lowest BCUT2D eigenvalue weighted by atomic mass is 9.99. The average Bonchev–Trinajstić information content (AvgIpc) is 3.41. The lowest BCUT2D eigenvalue weighted by Gasteiger charge is -2.40. The minimum Gasteiger partial charge on any atom is -0.394 e. The zero-order valence-electron chi connectivity index (χ0n) is 50.1. The highest BCUT2D eigenvalue weighted by atomic mass is 16.7. The van der Waals surface area contributed by atoms with Crippen LogP contribution in [0.1, 0.15) is 361 Å². The standard InChI is InChI=1S/C66H131NO8/c1-3-5-7-9-11-13-15-17-19-21-22-23-24-25-26-27-28-29-30-31-32-33-34-35-36-37-38-39-40-42-44-46-48-50-52-54-56-62(70)67-59(58-74-66-65(73)64(72)63(71)61(57-68)75-66)60(69)55-53-51-49-47-45-43-41-20-18-16-14-12-10-8-6-4-2/h59-61,63-66,68-69,71-73H,3-58H2,1-2H3,(H,67,70)/t59-,60+,61+,63-,64?,65?,66+/m0/s1. The van der Waals surface area contributed by atoms with Crippen LogP contribution in [-0.4, -0.2) is 87.5 Å². The fourth-order valence-corrected chi connectivity index (χ4v) is 11.4. The molecule has 75 heavy (non-hydrogen) atoms. The van der Waals surface area contributed by atoms with Gasteiger partial charge < -0.3 is 40.3 Å². The van der Waals surface area contributed by atoms with Crippen LogP contribution in [0, 0.1) is 0 Å². The monoisotopic (exact) mass is 1070 g/mol. The van der Waals surface area contributed by atoms with Crippen molar-refractivity contribution in [1.82, 2.24) is 5.32 Å². The van der Waals surface area contributed by atoms with E-state index >= 15 is 0 Å². The number of hydrogen-bond acceptors (Lipinski definition) is 8. The Labute approximate surface area is 465 Å². The summed E-state index contributed by atoms with van der Waals surface area (Å²) in [5.41, 5.74) is 0. The Kier molecular flexibility index (Phi) is 54.4. The highest BCUT2D eigenvalue weighted by molar-refractivity contribution is 5.76. The van der Waals surface area contributed by atoms with Crippen molar-refractivity contribution in [3.8, 4) is 0 Å². The van der Waals surface area contributed by atoms with Crippen molar-refractivity contribution < 1.29 is 39.8 Å². The van der Waals surface area contributed by atoms with E-state index in [1.165, 1.54) is 295 Å². The fourth-order valence-electron chi connectivity index (χ4n) is 11.4. The molecule has 6 N–H and O–H groups in total. The molecule has 448 valence electrons. The molecule has 0 aromatic carbocycles. The van der Waals surface area contributed by atoms with Crippen LogP contribution >= 0.6 is 0 Å². The minimum absolute atomic E-state index is 0.131. The molecule has 0 bridgehead atoms. The molecule has 1 aliphatic heterocycles. The van der Waals surface area contributed by atoms with E-state index in [1.54, 1.807) is 0 Å². The lowest BCUT2D eigenvalue weighted by Crippen LogP contribution is -2.60. The summed E-state index contributed by atoms with van der Waals surface area (Å²) >= 11 is 0. The molecule has 0 saturated carbocycles. The maximum atomic E-state index is 13.1.